The first kappa shape index (κ1) is 14.3. The highest BCUT2D eigenvalue weighted by Gasteiger charge is 2.11. The van der Waals surface area contributed by atoms with E-state index < -0.39 is 0 Å². The van der Waals surface area contributed by atoms with E-state index in [9.17, 15) is 0 Å². The quantitative estimate of drug-likeness (QED) is 0.767. The van der Waals surface area contributed by atoms with E-state index in [0.717, 1.165) is 27.9 Å². The van der Waals surface area contributed by atoms with Crippen molar-refractivity contribution >= 4 is 27.5 Å². The molecule has 0 atom stereocenters. The van der Waals surface area contributed by atoms with Gasteiger partial charge in [-0.3, -0.25) is 0 Å². The van der Waals surface area contributed by atoms with Crippen molar-refractivity contribution in [3.05, 3.63) is 39.6 Å². The summed E-state index contributed by atoms with van der Waals surface area (Å²) in [5.74, 6) is 1.42. The monoisotopic (exact) mass is 340 g/mol. The molecule has 0 saturated heterocycles. The minimum absolute atomic E-state index is 0.434. The zero-order valence-electron chi connectivity index (χ0n) is 10.8. The highest BCUT2D eigenvalue weighted by atomic mass is 79.9. The van der Waals surface area contributed by atoms with Crippen LogP contribution in [-0.2, 0) is 6.42 Å². The molecule has 19 heavy (non-hydrogen) atoms. The maximum Gasteiger partial charge on any atom is 0.161 e. The van der Waals surface area contributed by atoms with Crippen LogP contribution in [0.3, 0.4) is 0 Å². The lowest BCUT2D eigenvalue weighted by Crippen LogP contribution is -1.98. The Balaban J connectivity index is 2.46. The van der Waals surface area contributed by atoms with Gasteiger partial charge in [-0.1, -0.05) is 30.7 Å². The van der Waals surface area contributed by atoms with Gasteiger partial charge in [-0.2, -0.15) is 0 Å². The van der Waals surface area contributed by atoms with Crippen molar-refractivity contribution in [2.45, 2.75) is 20.3 Å². The molecule has 0 aliphatic rings. The molecule has 0 unspecified atom stereocenters. The van der Waals surface area contributed by atoms with E-state index in [1.165, 1.54) is 0 Å². The standard InChI is InChI=1S/C14H14BrClN2O/c1-3-11-12(15)13(16)18-14(17-11)9-6-5-7-10(8-9)19-4-2/h5-8H,3-4H2,1-2H3. The number of benzene rings is 1. The van der Waals surface area contributed by atoms with Crippen LogP contribution in [0.15, 0.2) is 28.7 Å². The summed E-state index contributed by atoms with van der Waals surface area (Å²) in [7, 11) is 0. The van der Waals surface area contributed by atoms with E-state index in [-0.39, 0.29) is 0 Å². The molecule has 0 saturated carbocycles. The lowest BCUT2D eigenvalue weighted by atomic mass is 10.2. The largest absolute Gasteiger partial charge is 0.494 e. The Morgan fingerprint density at radius 1 is 1.26 bits per heavy atom. The smallest absolute Gasteiger partial charge is 0.161 e. The molecule has 5 heteroatoms. The van der Waals surface area contributed by atoms with Crippen LogP contribution in [0, 0.1) is 0 Å². The second-order valence-corrected chi connectivity index (χ2v) is 5.06. The number of nitrogens with zero attached hydrogens (tertiary/aromatic N) is 2. The third kappa shape index (κ3) is 3.25. The Bertz CT molecular complexity index is 590. The van der Waals surface area contributed by atoms with Crippen molar-refractivity contribution in [1.82, 2.24) is 9.97 Å². The first-order valence-electron chi connectivity index (χ1n) is 6.10. The number of rotatable bonds is 4. The van der Waals surface area contributed by atoms with E-state index in [1.807, 2.05) is 38.1 Å². The lowest BCUT2D eigenvalue weighted by Gasteiger charge is -2.08. The number of aromatic nitrogens is 2. The van der Waals surface area contributed by atoms with Crippen molar-refractivity contribution in [3.8, 4) is 17.1 Å². The molecule has 1 aromatic heterocycles. The first-order chi connectivity index (χ1) is 9.15. The van der Waals surface area contributed by atoms with Crippen LogP contribution in [0.4, 0.5) is 0 Å². The highest BCUT2D eigenvalue weighted by molar-refractivity contribution is 9.10. The van der Waals surface area contributed by atoms with Gasteiger partial charge in [0.05, 0.1) is 16.8 Å². The third-order valence-electron chi connectivity index (χ3n) is 2.62. The van der Waals surface area contributed by atoms with Crippen LogP contribution in [0.2, 0.25) is 5.15 Å². The van der Waals surface area contributed by atoms with E-state index in [4.69, 9.17) is 16.3 Å². The zero-order chi connectivity index (χ0) is 13.8. The number of halogens is 2. The summed E-state index contributed by atoms with van der Waals surface area (Å²) < 4.78 is 6.25. The first-order valence-corrected chi connectivity index (χ1v) is 7.28. The Morgan fingerprint density at radius 2 is 2.05 bits per heavy atom. The number of hydrogen-bond donors (Lipinski definition) is 0. The summed E-state index contributed by atoms with van der Waals surface area (Å²) in [6.07, 6.45) is 0.793. The van der Waals surface area contributed by atoms with Crippen LogP contribution in [0.25, 0.3) is 11.4 Å². The predicted molar refractivity (Wildman–Crippen MR) is 80.7 cm³/mol. The van der Waals surface area contributed by atoms with Crippen molar-refractivity contribution in [2.24, 2.45) is 0 Å². The second-order valence-electron chi connectivity index (χ2n) is 3.91. The van der Waals surface area contributed by atoms with Crippen molar-refractivity contribution in [3.63, 3.8) is 0 Å². The topological polar surface area (TPSA) is 35.0 Å². The van der Waals surface area contributed by atoms with Gasteiger partial charge in [-0.15, -0.1) is 0 Å². The summed E-state index contributed by atoms with van der Waals surface area (Å²) in [5.41, 5.74) is 1.80. The molecule has 0 fully saturated rings. The van der Waals surface area contributed by atoms with Crippen molar-refractivity contribution < 1.29 is 4.74 Å². The van der Waals surface area contributed by atoms with Crippen LogP contribution in [0.1, 0.15) is 19.5 Å². The molecule has 0 aliphatic heterocycles. The fraction of sp³-hybridized carbons (Fsp3) is 0.286. The summed E-state index contributed by atoms with van der Waals surface area (Å²) in [4.78, 5) is 8.83. The maximum absolute atomic E-state index is 6.12. The van der Waals surface area contributed by atoms with E-state index in [2.05, 4.69) is 25.9 Å². The van der Waals surface area contributed by atoms with Crippen molar-refractivity contribution in [1.29, 1.82) is 0 Å². The summed E-state index contributed by atoms with van der Waals surface area (Å²) >= 11 is 9.52. The second kappa shape index (κ2) is 6.35. The van der Waals surface area contributed by atoms with Gasteiger partial charge in [0.1, 0.15) is 10.9 Å². The molecule has 2 aromatic rings. The molecule has 0 spiro atoms. The Hall–Kier alpha value is -1.13. The lowest BCUT2D eigenvalue weighted by molar-refractivity contribution is 0.340. The minimum atomic E-state index is 0.434. The van der Waals surface area contributed by atoms with Gasteiger partial charge < -0.3 is 4.74 Å². The molecule has 100 valence electrons. The molecule has 0 bridgehead atoms. The van der Waals surface area contributed by atoms with Gasteiger partial charge in [0.15, 0.2) is 5.82 Å². The van der Waals surface area contributed by atoms with E-state index >= 15 is 0 Å². The van der Waals surface area contributed by atoms with Crippen LogP contribution in [-0.4, -0.2) is 16.6 Å². The predicted octanol–water partition coefficient (Wildman–Crippen LogP) is 4.52. The molecule has 0 N–H and O–H groups in total. The highest BCUT2D eigenvalue weighted by Crippen LogP contribution is 2.28. The summed E-state index contributed by atoms with van der Waals surface area (Å²) in [5, 5.41) is 0.434. The van der Waals surface area contributed by atoms with Gasteiger partial charge in [-0.05, 0) is 41.4 Å². The molecular weight excluding hydrogens is 328 g/mol. The number of ether oxygens (including phenoxy) is 1. The Labute approximate surface area is 126 Å². The van der Waals surface area contributed by atoms with E-state index in [1.54, 1.807) is 0 Å². The van der Waals surface area contributed by atoms with Gasteiger partial charge in [0.2, 0.25) is 0 Å². The average Bonchev–Trinajstić information content (AvgIpc) is 2.42. The van der Waals surface area contributed by atoms with E-state index in [0.29, 0.717) is 17.6 Å². The van der Waals surface area contributed by atoms with Crippen LogP contribution >= 0.6 is 27.5 Å². The van der Waals surface area contributed by atoms with Crippen LogP contribution < -0.4 is 4.74 Å². The van der Waals surface area contributed by atoms with Gasteiger partial charge in [0, 0.05) is 5.56 Å². The van der Waals surface area contributed by atoms with Crippen LogP contribution in [0.5, 0.6) is 5.75 Å². The molecule has 0 amide bonds. The summed E-state index contributed by atoms with van der Waals surface area (Å²) in [6.45, 7) is 4.62. The SMILES string of the molecule is CCOc1cccc(-c2nc(Cl)c(Br)c(CC)n2)c1. The third-order valence-corrected chi connectivity index (χ3v) is 3.95. The molecule has 1 aromatic carbocycles. The van der Waals surface area contributed by atoms with Gasteiger partial charge in [0.25, 0.3) is 0 Å². The van der Waals surface area contributed by atoms with Gasteiger partial charge >= 0.3 is 0 Å². The molecule has 1 heterocycles. The molecule has 0 aliphatic carbocycles. The summed E-state index contributed by atoms with van der Waals surface area (Å²) in [6, 6.07) is 7.70. The minimum Gasteiger partial charge on any atom is -0.494 e. The number of aryl methyl sites for hydroxylation is 1. The Kier molecular flexibility index (Phi) is 4.77. The zero-order valence-corrected chi connectivity index (χ0v) is 13.1. The fourth-order valence-electron chi connectivity index (χ4n) is 1.72. The van der Waals surface area contributed by atoms with Gasteiger partial charge in [-0.25, -0.2) is 9.97 Å². The fourth-order valence-corrected chi connectivity index (χ4v) is 2.36. The molecular formula is C14H14BrClN2O. The molecule has 3 nitrogen and oxygen atoms in total. The molecule has 0 radical (unpaired) electrons. The maximum atomic E-state index is 6.12. The van der Waals surface area contributed by atoms with Crippen molar-refractivity contribution in [2.75, 3.05) is 6.61 Å². The molecule has 2 rings (SSSR count). The number of hydrogen-bond acceptors (Lipinski definition) is 3. The Morgan fingerprint density at radius 3 is 2.74 bits per heavy atom. The average molecular weight is 342 g/mol. The normalized spacial score (nSPS) is 10.5.